The van der Waals surface area contributed by atoms with Crippen LogP contribution in [-0.2, 0) is 4.74 Å². The van der Waals surface area contributed by atoms with Crippen LogP contribution >= 0.6 is 0 Å². The van der Waals surface area contributed by atoms with Crippen LogP contribution in [-0.4, -0.2) is 18.1 Å². The van der Waals surface area contributed by atoms with Crippen molar-refractivity contribution >= 4 is 16.9 Å². The van der Waals surface area contributed by atoms with Gasteiger partial charge in [0.2, 0.25) is 5.88 Å². The second kappa shape index (κ2) is 6.59. The fourth-order valence-electron chi connectivity index (χ4n) is 3.43. The lowest BCUT2D eigenvalue weighted by Gasteiger charge is -2.26. The van der Waals surface area contributed by atoms with Gasteiger partial charge in [-0.3, -0.25) is 4.79 Å². The predicted octanol–water partition coefficient (Wildman–Crippen LogP) is 2.53. The molecule has 28 heavy (non-hydrogen) atoms. The third-order valence-electron chi connectivity index (χ3n) is 4.75. The first-order valence-corrected chi connectivity index (χ1v) is 8.46. The van der Waals surface area contributed by atoms with Crippen LogP contribution in [0.5, 0.6) is 5.75 Å². The van der Waals surface area contributed by atoms with Crippen molar-refractivity contribution in [3.05, 3.63) is 87.0 Å². The molecule has 7 heteroatoms. The van der Waals surface area contributed by atoms with Crippen molar-refractivity contribution in [1.82, 2.24) is 4.98 Å². The summed E-state index contributed by atoms with van der Waals surface area (Å²) in [7, 11) is 1.30. The highest BCUT2D eigenvalue weighted by Gasteiger charge is 2.34. The first-order valence-electron chi connectivity index (χ1n) is 8.46. The van der Waals surface area contributed by atoms with Crippen LogP contribution in [0.25, 0.3) is 10.9 Å². The largest absolute Gasteiger partial charge is 0.465 e. The second-order valence-electron chi connectivity index (χ2n) is 6.28. The fourth-order valence-corrected chi connectivity index (χ4v) is 3.43. The number of benzene rings is 2. The molecule has 0 aliphatic carbocycles. The first-order chi connectivity index (χ1) is 13.5. The third kappa shape index (κ3) is 2.59. The van der Waals surface area contributed by atoms with Crippen LogP contribution < -0.4 is 16.0 Å². The zero-order valence-corrected chi connectivity index (χ0v) is 14.9. The number of esters is 1. The Hall–Kier alpha value is -4.05. The van der Waals surface area contributed by atoms with E-state index in [0.717, 1.165) is 0 Å². The maximum absolute atomic E-state index is 12.9. The van der Waals surface area contributed by atoms with E-state index in [2.05, 4.69) is 11.1 Å². The summed E-state index contributed by atoms with van der Waals surface area (Å²) in [6.45, 7) is 0. The van der Waals surface area contributed by atoms with Crippen molar-refractivity contribution in [2.45, 2.75) is 5.92 Å². The van der Waals surface area contributed by atoms with Gasteiger partial charge in [-0.15, -0.1) is 0 Å². The maximum atomic E-state index is 12.9. The standard InChI is InChI=1S/C21H15N3O4/c1-27-21(26)12-8-6-11(7-9-12)16-14(10-22)19(23)28-18-13-4-2-3-5-15(13)24-20(25)17(16)18/h2-9,16H,23H2,1H3,(H,24,25)/t16-/m0/s1. The Morgan fingerprint density at radius 3 is 2.61 bits per heavy atom. The van der Waals surface area contributed by atoms with E-state index in [1.54, 1.807) is 36.4 Å². The molecular formula is C21H15N3O4. The van der Waals surface area contributed by atoms with Gasteiger partial charge in [-0.25, -0.2) is 4.79 Å². The number of allylic oxidation sites excluding steroid dienone is 1. The van der Waals surface area contributed by atoms with Crippen LogP contribution in [0.4, 0.5) is 0 Å². The van der Waals surface area contributed by atoms with Gasteiger partial charge < -0.3 is 20.2 Å². The maximum Gasteiger partial charge on any atom is 0.337 e. The number of ether oxygens (including phenoxy) is 2. The molecule has 2 heterocycles. The summed E-state index contributed by atoms with van der Waals surface area (Å²) in [6.07, 6.45) is 0. The van der Waals surface area contributed by atoms with E-state index in [9.17, 15) is 14.9 Å². The molecule has 0 unspecified atom stereocenters. The Morgan fingerprint density at radius 2 is 1.93 bits per heavy atom. The number of carbonyl (C=O) groups excluding carboxylic acids is 1. The fraction of sp³-hybridized carbons (Fsp3) is 0.0952. The van der Waals surface area contributed by atoms with Crippen LogP contribution in [0.3, 0.4) is 0 Å². The van der Waals surface area contributed by atoms with Gasteiger partial charge in [-0.1, -0.05) is 24.3 Å². The third-order valence-corrected chi connectivity index (χ3v) is 4.75. The summed E-state index contributed by atoms with van der Waals surface area (Å²) in [5.41, 5.74) is 7.71. The molecule has 1 aliphatic heterocycles. The lowest BCUT2D eigenvalue weighted by molar-refractivity contribution is 0.0600. The number of nitrogens with zero attached hydrogens (tertiary/aromatic N) is 1. The van der Waals surface area contributed by atoms with Crippen molar-refractivity contribution in [1.29, 1.82) is 5.26 Å². The predicted molar refractivity (Wildman–Crippen MR) is 102 cm³/mol. The van der Waals surface area contributed by atoms with E-state index in [-0.39, 0.29) is 17.0 Å². The van der Waals surface area contributed by atoms with Gasteiger partial charge in [0.05, 0.1) is 29.7 Å². The number of para-hydroxylation sites is 1. The number of carbonyl (C=O) groups is 1. The number of hydrogen-bond acceptors (Lipinski definition) is 6. The van der Waals surface area contributed by atoms with E-state index in [4.69, 9.17) is 15.2 Å². The Balaban J connectivity index is 1.97. The number of nitrogens with two attached hydrogens (primary N) is 1. The van der Waals surface area contributed by atoms with Crippen molar-refractivity contribution in [3.63, 3.8) is 0 Å². The number of aromatic nitrogens is 1. The monoisotopic (exact) mass is 373 g/mol. The molecule has 0 saturated carbocycles. The number of nitrogens with one attached hydrogen (secondary N) is 1. The van der Waals surface area contributed by atoms with Crippen molar-refractivity contribution in [2.24, 2.45) is 5.73 Å². The molecule has 0 spiro atoms. The average Bonchev–Trinajstić information content (AvgIpc) is 2.72. The van der Waals surface area contributed by atoms with Crippen molar-refractivity contribution in [3.8, 4) is 11.8 Å². The van der Waals surface area contributed by atoms with Crippen molar-refractivity contribution < 1.29 is 14.3 Å². The van der Waals surface area contributed by atoms with Crippen LogP contribution in [0.15, 0.2) is 64.8 Å². The number of aromatic amines is 1. The number of pyridine rings is 1. The molecule has 0 amide bonds. The molecule has 0 radical (unpaired) electrons. The molecule has 1 atom stereocenters. The number of fused-ring (bicyclic) bond motifs is 3. The second-order valence-corrected chi connectivity index (χ2v) is 6.28. The first kappa shape index (κ1) is 17.4. The molecule has 0 saturated heterocycles. The van der Waals surface area contributed by atoms with Gasteiger partial charge in [0.15, 0.2) is 0 Å². The zero-order chi connectivity index (χ0) is 19.8. The van der Waals surface area contributed by atoms with Gasteiger partial charge in [0, 0.05) is 5.39 Å². The highest BCUT2D eigenvalue weighted by Crippen LogP contribution is 2.42. The quantitative estimate of drug-likeness (QED) is 0.667. The minimum absolute atomic E-state index is 0.0483. The lowest BCUT2D eigenvalue weighted by Crippen LogP contribution is -2.27. The van der Waals surface area contributed by atoms with Crippen LogP contribution in [0, 0.1) is 11.3 Å². The number of nitriles is 1. The molecule has 2 aromatic carbocycles. The minimum Gasteiger partial charge on any atom is -0.465 e. The minimum atomic E-state index is -0.714. The van der Waals surface area contributed by atoms with Crippen LogP contribution in [0.2, 0.25) is 0 Å². The topological polar surface area (TPSA) is 118 Å². The molecule has 1 aliphatic rings. The van der Waals surface area contributed by atoms with Gasteiger partial charge in [0.25, 0.3) is 5.56 Å². The molecule has 4 rings (SSSR count). The number of H-pyrrole nitrogens is 1. The van der Waals surface area contributed by atoms with E-state index < -0.39 is 11.9 Å². The molecule has 3 N–H and O–H groups in total. The highest BCUT2D eigenvalue weighted by molar-refractivity contribution is 5.89. The molecular weight excluding hydrogens is 358 g/mol. The average molecular weight is 373 g/mol. The lowest BCUT2D eigenvalue weighted by atomic mass is 9.83. The summed E-state index contributed by atoms with van der Waals surface area (Å²) in [4.78, 5) is 27.4. The summed E-state index contributed by atoms with van der Waals surface area (Å²) in [5.74, 6) is -0.905. The Morgan fingerprint density at radius 1 is 1.21 bits per heavy atom. The molecule has 1 aromatic heterocycles. The smallest absolute Gasteiger partial charge is 0.337 e. The van der Waals surface area contributed by atoms with E-state index >= 15 is 0 Å². The SMILES string of the molecule is COC(=O)c1ccc([C@H]2C(C#N)=C(N)Oc3c2c(=O)[nH]c2ccccc32)cc1. The van der Waals surface area contributed by atoms with Crippen LogP contribution in [0.1, 0.15) is 27.4 Å². The summed E-state index contributed by atoms with van der Waals surface area (Å²) in [6, 6.07) is 15.8. The van der Waals surface area contributed by atoms with Gasteiger partial charge >= 0.3 is 5.97 Å². The van der Waals surface area contributed by atoms with E-state index in [0.29, 0.717) is 33.3 Å². The Bertz CT molecular complexity index is 1230. The zero-order valence-electron chi connectivity index (χ0n) is 14.9. The molecule has 0 bridgehead atoms. The summed E-state index contributed by atoms with van der Waals surface area (Å²) < 4.78 is 10.4. The Kier molecular flexibility index (Phi) is 4.09. The van der Waals surface area contributed by atoms with Gasteiger partial charge in [0.1, 0.15) is 17.4 Å². The summed E-state index contributed by atoms with van der Waals surface area (Å²) in [5, 5.41) is 10.3. The number of methoxy groups -OCH3 is 1. The van der Waals surface area contributed by atoms with Crippen molar-refractivity contribution in [2.75, 3.05) is 7.11 Å². The van der Waals surface area contributed by atoms with Gasteiger partial charge in [-0.2, -0.15) is 5.26 Å². The molecule has 138 valence electrons. The van der Waals surface area contributed by atoms with E-state index in [1.807, 2.05) is 12.1 Å². The Labute approximate surface area is 159 Å². The molecule has 7 nitrogen and oxygen atoms in total. The van der Waals surface area contributed by atoms with Gasteiger partial charge in [-0.05, 0) is 29.8 Å². The summed E-state index contributed by atoms with van der Waals surface area (Å²) >= 11 is 0. The normalized spacial score (nSPS) is 15.5. The number of rotatable bonds is 2. The highest BCUT2D eigenvalue weighted by atomic mass is 16.5. The molecule has 3 aromatic rings. The molecule has 0 fully saturated rings. The number of hydrogen-bond donors (Lipinski definition) is 2. The van der Waals surface area contributed by atoms with E-state index in [1.165, 1.54) is 7.11 Å².